The number of hydrogen-bond donors (Lipinski definition) is 2. The lowest BCUT2D eigenvalue weighted by Gasteiger charge is -2.11. The van der Waals surface area contributed by atoms with Crippen molar-refractivity contribution in [3.8, 4) is 11.5 Å². The quantitative estimate of drug-likeness (QED) is 0.405. The van der Waals surface area contributed by atoms with Crippen LogP contribution >= 0.6 is 11.6 Å². The molecule has 2 aromatic carbocycles. The highest BCUT2D eigenvalue weighted by atomic mass is 35.5. The first-order chi connectivity index (χ1) is 14.8. The van der Waals surface area contributed by atoms with Crippen molar-refractivity contribution >= 4 is 23.4 Å². The SMILES string of the molecule is C=C(CCNC(=O)COc1ccc(Cl)c(F)c1)C(=O)NCCOc1ccc(C)c(C)c1. The second-order valence-electron chi connectivity index (χ2n) is 6.92. The highest BCUT2D eigenvalue weighted by molar-refractivity contribution is 6.30. The zero-order valence-electron chi connectivity index (χ0n) is 17.6. The summed E-state index contributed by atoms with van der Waals surface area (Å²) in [4.78, 5) is 23.9. The van der Waals surface area contributed by atoms with Crippen LogP contribution in [-0.2, 0) is 9.59 Å². The first kappa shape index (κ1) is 24.2. The molecule has 0 saturated heterocycles. The fourth-order valence-corrected chi connectivity index (χ4v) is 2.61. The third kappa shape index (κ3) is 8.30. The van der Waals surface area contributed by atoms with Crippen LogP contribution in [0.3, 0.4) is 0 Å². The monoisotopic (exact) mass is 448 g/mol. The van der Waals surface area contributed by atoms with E-state index in [-0.39, 0.29) is 36.3 Å². The molecule has 0 unspecified atom stereocenters. The van der Waals surface area contributed by atoms with Crippen LogP contribution in [0.1, 0.15) is 17.5 Å². The number of aryl methyl sites for hydroxylation is 2. The van der Waals surface area contributed by atoms with Gasteiger partial charge in [-0.1, -0.05) is 24.2 Å². The normalized spacial score (nSPS) is 10.3. The first-order valence-corrected chi connectivity index (χ1v) is 10.1. The maximum Gasteiger partial charge on any atom is 0.257 e. The van der Waals surface area contributed by atoms with Gasteiger partial charge in [0.2, 0.25) is 5.91 Å². The minimum atomic E-state index is -0.624. The summed E-state index contributed by atoms with van der Waals surface area (Å²) in [6.07, 6.45) is 0.283. The molecule has 0 heterocycles. The van der Waals surface area contributed by atoms with Gasteiger partial charge in [0.05, 0.1) is 11.6 Å². The number of nitrogens with one attached hydrogen (secondary N) is 2. The average molecular weight is 449 g/mol. The molecule has 0 radical (unpaired) electrons. The van der Waals surface area contributed by atoms with Crippen LogP contribution in [0.2, 0.25) is 5.02 Å². The predicted molar refractivity (Wildman–Crippen MR) is 118 cm³/mol. The summed E-state index contributed by atoms with van der Waals surface area (Å²) in [5.41, 5.74) is 2.67. The van der Waals surface area contributed by atoms with Gasteiger partial charge in [0.25, 0.3) is 5.91 Å². The maximum atomic E-state index is 13.3. The molecule has 0 aliphatic rings. The van der Waals surface area contributed by atoms with Crippen LogP contribution < -0.4 is 20.1 Å². The molecular formula is C23H26ClFN2O4. The third-order valence-corrected chi connectivity index (χ3v) is 4.77. The van der Waals surface area contributed by atoms with Gasteiger partial charge in [0, 0.05) is 18.2 Å². The van der Waals surface area contributed by atoms with E-state index in [9.17, 15) is 14.0 Å². The summed E-state index contributed by atoms with van der Waals surface area (Å²) >= 11 is 5.59. The molecule has 6 nitrogen and oxygen atoms in total. The van der Waals surface area contributed by atoms with Crippen LogP contribution in [-0.4, -0.2) is 38.1 Å². The van der Waals surface area contributed by atoms with Crippen molar-refractivity contribution < 1.29 is 23.5 Å². The van der Waals surface area contributed by atoms with E-state index in [0.717, 1.165) is 17.4 Å². The molecule has 31 heavy (non-hydrogen) atoms. The summed E-state index contributed by atoms with van der Waals surface area (Å²) < 4.78 is 24.1. The number of benzene rings is 2. The van der Waals surface area contributed by atoms with Gasteiger partial charge < -0.3 is 20.1 Å². The summed E-state index contributed by atoms with van der Waals surface area (Å²) in [7, 11) is 0. The molecule has 0 fully saturated rings. The van der Waals surface area contributed by atoms with Crippen molar-refractivity contribution in [1.82, 2.24) is 10.6 Å². The van der Waals surface area contributed by atoms with Gasteiger partial charge >= 0.3 is 0 Å². The Kier molecular flexibility index (Phi) is 9.34. The fraction of sp³-hybridized carbons (Fsp3) is 0.304. The second-order valence-corrected chi connectivity index (χ2v) is 7.33. The van der Waals surface area contributed by atoms with Crippen molar-refractivity contribution in [2.24, 2.45) is 0 Å². The number of ether oxygens (including phenoxy) is 2. The lowest BCUT2D eigenvalue weighted by atomic mass is 10.1. The summed E-state index contributed by atoms with van der Waals surface area (Å²) in [6, 6.07) is 9.74. The molecule has 0 aromatic heterocycles. The van der Waals surface area contributed by atoms with Gasteiger partial charge in [0.15, 0.2) is 6.61 Å². The zero-order chi connectivity index (χ0) is 22.8. The van der Waals surface area contributed by atoms with E-state index in [2.05, 4.69) is 17.2 Å². The molecule has 0 saturated carbocycles. The average Bonchev–Trinajstić information content (AvgIpc) is 2.74. The van der Waals surface area contributed by atoms with E-state index in [1.54, 1.807) is 0 Å². The van der Waals surface area contributed by atoms with Gasteiger partial charge in [-0.3, -0.25) is 9.59 Å². The fourth-order valence-electron chi connectivity index (χ4n) is 2.50. The summed E-state index contributed by atoms with van der Waals surface area (Å²) in [5, 5.41) is 5.32. The Morgan fingerprint density at radius 3 is 2.42 bits per heavy atom. The number of carbonyl (C=O) groups is 2. The van der Waals surface area contributed by atoms with E-state index in [4.69, 9.17) is 21.1 Å². The van der Waals surface area contributed by atoms with Crippen LogP contribution in [0.5, 0.6) is 11.5 Å². The molecular weight excluding hydrogens is 423 g/mol. The Morgan fingerprint density at radius 1 is 1.00 bits per heavy atom. The number of halogens is 2. The molecule has 0 atom stereocenters. The Balaban J connectivity index is 1.59. The molecule has 0 aliphatic heterocycles. The molecule has 8 heteroatoms. The highest BCUT2D eigenvalue weighted by Gasteiger charge is 2.09. The smallest absolute Gasteiger partial charge is 0.257 e. The van der Waals surface area contributed by atoms with Crippen LogP contribution in [0.15, 0.2) is 48.6 Å². The molecule has 2 N–H and O–H groups in total. The Morgan fingerprint density at radius 2 is 1.71 bits per heavy atom. The van der Waals surface area contributed by atoms with Crippen molar-refractivity contribution in [3.05, 3.63) is 70.5 Å². The molecule has 2 aromatic rings. The van der Waals surface area contributed by atoms with Gasteiger partial charge in [-0.2, -0.15) is 0 Å². The summed E-state index contributed by atoms with van der Waals surface area (Å²) in [5.74, 6) is -0.372. The van der Waals surface area contributed by atoms with Gasteiger partial charge in [-0.25, -0.2) is 4.39 Å². The predicted octanol–water partition coefficient (Wildman–Crippen LogP) is 3.73. The minimum absolute atomic E-state index is 0.0228. The largest absolute Gasteiger partial charge is 0.492 e. The third-order valence-electron chi connectivity index (χ3n) is 4.47. The summed E-state index contributed by atoms with van der Waals surface area (Å²) in [6.45, 7) is 8.38. The van der Waals surface area contributed by atoms with Crippen LogP contribution in [0, 0.1) is 19.7 Å². The van der Waals surface area contributed by atoms with Gasteiger partial charge in [0.1, 0.15) is 23.9 Å². The molecule has 0 spiro atoms. The number of amides is 2. The lowest BCUT2D eigenvalue weighted by Crippen LogP contribution is -2.32. The Hall–Kier alpha value is -3.06. The van der Waals surface area contributed by atoms with E-state index < -0.39 is 11.7 Å². The number of hydrogen-bond acceptors (Lipinski definition) is 4. The standard InChI is InChI=1S/C23H26ClFN2O4/c1-15-4-5-18(12-17(15)3)30-11-10-27-23(29)16(2)8-9-26-22(28)14-31-19-6-7-20(24)21(25)13-19/h4-7,12-13H,2,8-11,14H2,1,3H3,(H,26,28)(H,27,29). The molecule has 0 bridgehead atoms. The van der Waals surface area contributed by atoms with Crippen molar-refractivity contribution in [3.63, 3.8) is 0 Å². The number of rotatable bonds is 11. The second kappa shape index (κ2) is 12.0. The maximum absolute atomic E-state index is 13.3. The van der Waals surface area contributed by atoms with Crippen LogP contribution in [0.25, 0.3) is 0 Å². The minimum Gasteiger partial charge on any atom is -0.492 e. The molecule has 0 aliphatic carbocycles. The Labute approximate surface area is 186 Å². The van der Waals surface area contributed by atoms with E-state index in [0.29, 0.717) is 18.7 Å². The van der Waals surface area contributed by atoms with Crippen molar-refractivity contribution in [1.29, 1.82) is 0 Å². The topological polar surface area (TPSA) is 76.7 Å². The molecule has 166 valence electrons. The van der Waals surface area contributed by atoms with Gasteiger partial charge in [-0.05, 0) is 55.7 Å². The van der Waals surface area contributed by atoms with Crippen molar-refractivity contribution in [2.75, 3.05) is 26.3 Å². The van der Waals surface area contributed by atoms with Crippen molar-refractivity contribution in [2.45, 2.75) is 20.3 Å². The van der Waals surface area contributed by atoms with E-state index in [1.165, 1.54) is 17.7 Å². The van der Waals surface area contributed by atoms with Gasteiger partial charge in [-0.15, -0.1) is 0 Å². The number of carbonyl (C=O) groups excluding carboxylic acids is 2. The van der Waals surface area contributed by atoms with E-state index >= 15 is 0 Å². The zero-order valence-corrected chi connectivity index (χ0v) is 18.4. The van der Waals surface area contributed by atoms with Crippen LogP contribution in [0.4, 0.5) is 4.39 Å². The highest BCUT2D eigenvalue weighted by Crippen LogP contribution is 2.20. The first-order valence-electron chi connectivity index (χ1n) is 9.77. The lowest BCUT2D eigenvalue weighted by molar-refractivity contribution is -0.123. The Bertz CT molecular complexity index is 949. The van der Waals surface area contributed by atoms with E-state index in [1.807, 2.05) is 32.0 Å². The molecule has 2 amide bonds. The molecule has 2 rings (SSSR count).